The van der Waals surface area contributed by atoms with Crippen LogP contribution in [0.5, 0.6) is 28.7 Å². The van der Waals surface area contributed by atoms with Crippen molar-refractivity contribution >= 4 is 0 Å². The fourth-order valence-electron chi connectivity index (χ4n) is 3.62. The molecule has 6 nitrogen and oxygen atoms in total. The minimum absolute atomic E-state index is 0.0476. The molecular formula is C21H27NO5. The smallest absolute Gasteiger partial charge is 0.164 e. The number of hydrogen-bond donors (Lipinski definition) is 1. The van der Waals surface area contributed by atoms with Gasteiger partial charge in [0.2, 0.25) is 0 Å². The number of methoxy groups -OCH3 is 4. The van der Waals surface area contributed by atoms with Gasteiger partial charge in [0.25, 0.3) is 0 Å². The molecule has 3 rings (SSSR count). The summed E-state index contributed by atoms with van der Waals surface area (Å²) in [4.78, 5) is 0. The highest BCUT2D eigenvalue weighted by Crippen LogP contribution is 2.44. The molecule has 6 heteroatoms. The zero-order valence-corrected chi connectivity index (χ0v) is 16.5. The normalized spacial score (nSPS) is 15.7. The van der Waals surface area contributed by atoms with Crippen LogP contribution in [-0.4, -0.2) is 41.6 Å². The van der Waals surface area contributed by atoms with Crippen LogP contribution in [0.4, 0.5) is 0 Å². The van der Waals surface area contributed by atoms with Gasteiger partial charge in [0, 0.05) is 23.7 Å². The molecule has 1 N–H and O–H groups in total. The van der Waals surface area contributed by atoms with Crippen molar-refractivity contribution in [2.24, 2.45) is 0 Å². The third-order valence-corrected chi connectivity index (χ3v) is 4.85. The standard InChI is InChI=1S/C21H27NO5/c1-6-27-21-14-9-10-22-20(13(14)7-8-16(21)23-2)15-11-18(25-4)19(26-5)12-17(15)24-3/h7-8,11-12,20,22H,6,9-10H2,1-5H3. The lowest BCUT2D eigenvalue weighted by molar-refractivity contribution is 0.305. The molecule has 1 atom stereocenters. The molecule has 1 aliphatic heterocycles. The summed E-state index contributed by atoms with van der Waals surface area (Å²) in [5, 5.41) is 3.59. The highest BCUT2D eigenvalue weighted by atomic mass is 16.5. The van der Waals surface area contributed by atoms with E-state index in [0.717, 1.165) is 46.9 Å². The highest BCUT2D eigenvalue weighted by Gasteiger charge is 2.29. The van der Waals surface area contributed by atoms with Crippen LogP contribution in [-0.2, 0) is 6.42 Å². The second-order valence-electron chi connectivity index (χ2n) is 6.18. The summed E-state index contributed by atoms with van der Waals surface area (Å²) >= 11 is 0. The molecule has 27 heavy (non-hydrogen) atoms. The van der Waals surface area contributed by atoms with Crippen molar-refractivity contribution in [1.29, 1.82) is 0 Å². The van der Waals surface area contributed by atoms with Crippen LogP contribution >= 0.6 is 0 Å². The molecule has 1 heterocycles. The lowest BCUT2D eigenvalue weighted by atomic mass is 9.88. The van der Waals surface area contributed by atoms with Crippen molar-refractivity contribution in [2.75, 3.05) is 41.6 Å². The Kier molecular flexibility index (Phi) is 5.96. The minimum atomic E-state index is -0.0476. The molecule has 0 bridgehead atoms. The number of benzene rings is 2. The summed E-state index contributed by atoms with van der Waals surface area (Å²) in [6.45, 7) is 3.39. The van der Waals surface area contributed by atoms with Gasteiger partial charge in [0.1, 0.15) is 5.75 Å². The first-order chi connectivity index (χ1) is 13.2. The summed E-state index contributed by atoms with van der Waals surface area (Å²) < 4.78 is 28.0. The third-order valence-electron chi connectivity index (χ3n) is 4.85. The second-order valence-corrected chi connectivity index (χ2v) is 6.18. The van der Waals surface area contributed by atoms with Gasteiger partial charge in [-0.15, -0.1) is 0 Å². The molecule has 2 aromatic rings. The van der Waals surface area contributed by atoms with E-state index in [-0.39, 0.29) is 6.04 Å². The quantitative estimate of drug-likeness (QED) is 0.803. The van der Waals surface area contributed by atoms with Crippen molar-refractivity contribution < 1.29 is 23.7 Å². The van der Waals surface area contributed by atoms with E-state index < -0.39 is 0 Å². The molecule has 1 aliphatic rings. The van der Waals surface area contributed by atoms with Crippen molar-refractivity contribution in [3.8, 4) is 28.7 Å². The topological polar surface area (TPSA) is 58.2 Å². The van der Waals surface area contributed by atoms with E-state index in [2.05, 4.69) is 11.4 Å². The number of hydrogen-bond acceptors (Lipinski definition) is 6. The Morgan fingerprint density at radius 2 is 1.52 bits per heavy atom. The van der Waals surface area contributed by atoms with Crippen LogP contribution in [0.2, 0.25) is 0 Å². The van der Waals surface area contributed by atoms with E-state index in [4.69, 9.17) is 23.7 Å². The van der Waals surface area contributed by atoms with Crippen LogP contribution in [0.1, 0.15) is 29.7 Å². The van der Waals surface area contributed by atoms with Crippen LogP contribution in [0.15, 0.2) is 24.3 Å². The van der Waals surface area contributed by atoms with Gasteiger partial charge in [-0.2, -0.15) is 0 Å². The average Bonchev–Trinajstić information content (AvgIpc) is 2.72. The molecule has 0 aromatic heterocycles. The predicted octanol–water partition coefficient (Wildman–Crippen LogP) is 3.35. The largest absolute Gasteiger partial charge is 0.496 e. The maximum atomic E-state index is 5.92. The molecule has 0 radical (unpaired) electrons. The molecule has 0 fully saturated rings. The van der Waals surface area contributed by atoms with Gasteiger partial charge in [-0.25, -0.2) is 0 Å². The maximum absolute atomic E-state index is 5.92. The van der Waals surface area contributed by atoms with Gasteiger partial charge in [0.15, 0.2) is 23.0 Å². The Hall–Kier alpha value is -2.60. The third kappa shape index (κ3) is 3.49. The van der Waals surface area contributed by atoms with Crippen LogP contribution in [0, 0.1) is 0 Å². The zero-order valence-electron chi connectivity index (χ0n) is 16.5. The van der Waals surface area contributed by atoms with E-state index in [0.29, 0.717) is 18.1 Å². The molecule has 146 valence electrons. The minimum Gasteiger partial charge on any atom is -0.496 e. The van der Waals surface area contributed by atoms with Crippen LogP contribution < -0.4 is 29.0 Å². The maximum Gasteiger partial charge on any atom is 0.164 e. The molecule has 0 spiro atoms. The van der Waals surface area contributed by atoms with Crippen molar-refractivity contribution in [3.63, 3.8) is 0 Å². The zero-order chi connectivity index (χ0) is 19.4. The van der Waals surface area contributed by atoms with Gasteiger partial charge >= 0.3 is 0 Å². The summed E-state index contributed by atoms with van der Waals surface area (Å²) in [6.07, 6.45) is 0.869. The Balaban J connectivity index is 2.15. The Morgan fingerprint density at radius 1 is 0.852 bits per heavy atom. The summed E-state index contributed by atoms with van der Waals surface area (Å²) in [5.41, 5.74) is 3.30. The van der Waals surface area contributed by atoms with Crippen molar-refractivity contribution in [3.05, 3.63) is 41.0 Å². The number of nitrogens with one attached hydrogen (secondary N) is 1. The molecule has 0 saturated heterocycles. The van der Waals surface area contributed by atoms with Crippen molar-refractivity contribution in [2.45, 2.75) is 19.4 Å². The van der Waals surface area contributed by atoms with Gasteiger partial charge < -0.3 is 29.0 Å². The first-order valence-corrected chi connectivity index (χ1v) is 9.04. The summed E-state index contributed by atoms with van der Waals surface area (Å²) in [5.74, 6) is 3.63. The van der Waals surface area contributed by atoms with Gasteiger partial charge in [-0.1, -0.05) is 6.07 Å². The van der Waals surface area contributed by atoms with Gasteiger partial charge in [-0.05, 0) is 31.0 Å². The molecular weight excluding hydrogens is 346 g/mol. The molecule has 0 aliphatic carbocycles. The summed E-state index contributed by atoms with van der Waals surface area (Å²) in [6, 6.07) is 7.82. The summed E-state index contributed by atoms with van der Waals surface area (Å²) in [7, 11) is 6.58. The Labute approximate surface area is 160 Å². The van der Waals surface area contributed by atoms with Gasteiger partial charge in [-0.3, -0.25) is 0 Å². The molecule has 0 saturated carbocycles. The first-order valence-electron chi connectivity index (χ1n) is 9.04. The lowest BCUT2D eigenvalue weighted by Crippen LogP contribution is -2.31. The fraction of sp³-hybridized carbons (Fsp3) is 0.429. The number of fused-ring (bicyclic) bond motifs is 1. The Bertz CT molecular complexity index is 806. The first kappa shape index (κ1) is 19.2. The van der Waals surface area contributed by atoms with E-state index in [1.165, 1.54) is 0 Å². The number of ether oxygens (including phenoxy) is 5. The molecule has 2 aromatic carbocycles. The van der Waals surface area contributed by atoms with E-state index in [1.54, 1.807) is 28.4 Å². The Morgan fingerprint density at radius 3 is 2.15 bits per heavy atom. The van der Waals surface area contributed by atoms with E-state index in [9.17, 15) is 0 Å². The SMILES string of the molecule is CCOc1c(OC)ccc2c1CCNC2c1cc(OC)c(OC)cc1OC. The highest BCUT2D eigenvalue weighted by molar-refractivity contribution is 5.58. The lowest BCUT2D eigenvalue weighted by Gasteiger charge is -2.30. The average molecular weight is 373 g/mol. The van der Waals surface area contributed by atoms with E-state index >= 15 is 0 Å². The van der Waals surface area contributed by atoms with Gasteiger partial charge in [0.05, 0.1) is 41.1 Å². The monoisotopic (exact) mass is 373 g/mol. The fourth-order valence-corrected chi connectivity index (χ4v) is 3.62. The van der Waals surface area contributed by atoms with Crippen molar-refractivity contribution in [1.82, 2.24) is 5.32 Å². The predicted molar refractivity (Wildman–Crippen MR) is 104 cm³/mol. The van der Waals surface area contributed by atoms with Crippen LogP contribution in [0.25, 0.3) is 0 Å². The second kappa shape index (κ2) is 8.39. The number of rotatable bonds is 7. The molecule has 1 unspecified atom stereocenters. The molecule has 0 amide bonds. The van der Waals surface area contributed by atoms with E-state index in [1.807, 2.05) is 25.1 Å². The van der Waals surface area contributed by atoms with Crippen LogP contribution in [0.3, 0.4) is 0 Å².